The van der Waals surface area contributed by atoms with Gasteiger partial charge in [-0.15, -0.1) is 0 Å². The first-order valence-electron chi connectivity index (χ1n) is 5.52. The Morgan fingerprint density at radius 2 is 2.21 bits per heavy atom. The van der Waals surface area contributed by atoms with Crippen LogP contribution in [-0.2, 0) is 9.53 Å². The van der Waals surface area contributed by atoms with Gasteiger partial charge in [0.1, 0.15) is 5.82 Å². The van der Waals surface area contributed by atoms with Crippen LogP contribution in [-0.4, -0.2) is 37.2 Å². The van der Waals surface area contributed by atoms with Crippen LogP contribution in [0.15, 0.2) is 24.3 Å². The smallest absolute Gasteiger partial charge is 0.328 e. The fourth-order valence-electron chi connectivity index (χ4n) is 1.35. The molecule has 0 bridgehead atoms. The highest BCUT2D eigenvalue weighted by Crippen LogP contribution is 2.12. The fraction of sp³-hybridized carbons (Fsp3) is 0.231. The molecule has 102 valence electrons. The molecule has 0 heterocycles. The van der Waals surface area contributed by atoms with Gasteiger partial charge in [0.15, 0.2) is 0 Å². The van der Waals surface area contributed by atoms with E-state index in [-0.39, 0.29) is 12.1 Å². The summed E-state index contributed by atoms with van der Waals surface area (Å²) in [6, 6.07) is 3.80. The zero-order valence-electron chi connectivity index (χ0n) is 10.4. The van der Waals surface area contributed by atoms with Crippen molar-refractivity contribution in [2.75, 3.05) is 20.3 Å². The molecule has 0 aliphatic carbocycles. The minimum Gasteiger partial charge on any atom is -0.478 e. The maximum Gasteiger partial charge on any atom is 0.328 e. The van der Waals surface area contributed by atoms with E-state index in [9.17, 15) is 14.0 Å². The summed E-state index contributed by atoms with van der Waals surface area (Å²) >= 11 is 0. The number of halogens is 1. The Morgan fingerprint density at radius 1 is 1.47 bits per heavy atom. The van der Waals surface area contributed by atoms with Gasteiger partial charge in [0.25, 0.3) is 5.91 Å². The largest absolute Gasteiger partial charge is 0.478 e. The van der Waals surface area contributed by atoms with Crippen molar-refractivity contribution < 1.29 is 23.8 Å². The fourth-order valence-corrected chi connectivity index (χ4v) is 1.35. The number of hydrogen-bond donors (Lipinski definition) is 2. The number of ether oxygens (including phenoxy) is 1. The second-order valence-corrected chi connectivity index (χ2v) is 3.66. The molecule has 1 aromatic rings. The average Bonchev–Trinajstić information content (AvgIpc) is 2.37. The van der Waals surface area contributed by atoms with Crippen LogP contribution in [0.4, 0.5) is 4.39 Å². The van der Waals surface area contributed by atoms with Crippen LogP contribution in [0.1, 0.15) is 15.9 Å². The average molecular weight is 267 g/mol. The summed E-state index contributed by atoms with van der Waals surface area (Å²) < 4.78 is 18.3. The van der Waals surface area contributed by atoms with Crippen LogP contribution in [0, 0.1) is 5.82 Å². The van der Waals surface area contributed by atoms with Crippen LogP contribution in [0.2, 0.25) is 0 Å². The zero-order valence-corrected chi connectivity index (χ0v) is 10.4. The van der Waals surface area contributed by atoms with Gasteiger partial charge in [-0.3, -0.25) is 4.79 Å². The van der Waals surface area contributed by atoms with Crippen LogP contribution in [0.3, 0.4) is 0 Å². The molecule has 1 aromatic carbocycles. The molecule has 0 saturated heterocycles. The number of nitrogens with one attached hydrogen (secondary N) is 1. The van der Waals surface area contributed by atoms with Crippen LogP contribution >= 0.6 is 0 Å². The standard InChI is InChI=1S/C13H14FNO4/c1-19-7-6-15-13(18)10-8-9(2-4-11(10)14)3-5-12(16)17/h2-5,8H,6-7H2,1H3,(H,15,18)(H,16,17). The predicted molar refractivity (Wildman–Crippen MR) is 67.3 cm³/mol. The highest BCUT2D eigenvalue weighted by atomic mass is 19.1. The van der Waals surface area contributed by atoms with Crippen molar-refractivity contribution in [2.24, 2.45) is 0 Å². The summed E-state index contributed by atoms with van der Waals surface area (Å²) in [5, 5.41) is 11.0. The van der Waals surface area contributed by atoms with Crippen LogP contribution in [0.25, 0.3) is 6.08 Å². The predicted octanol–water partition coefficient (Wildman–Crippen LogP) is 1.30. The third-order valence-electron chi connectivity index (χ3n) is 2.25. The third kappa shape index (κ3) is 4.89. The summed E-state index contributed by atoms with van der Waals surface area (Å²) in [6.45, 7) is 0.593. The minimum atomic E-state index is -1.12. The minimum absolute atomic E-state index is 0.136. The van der Waals surface area contributed by atoms with Gasteiger partial charge in [-0.05, 0) is 23.8 Å². The first-order valence-corrected chi connectivity index (χ1v) is 5.52. The van der Waals surface area contributed by atoms with Crippen molar-refractivity contribution in [2.45, 2.75) is 0 Å². The Labute approximate surface area is 109 Å². The SMILES string of the molecule is COCCNC(=O)c1cc(C=CC(=O)O)ccc1F. The number of methoxy groups -OCH3 is 1. The lowest BCUT2D eigenvalue weighted by molar-refractivity contribution is -0.131. The van der Waals surface area contributed by atoms with E-state index in [4.69, 9.17) is 9.84 Å². The number of benzene rings is 1. The summed E-state index contributed by atoms with van der Waals surface area (Å²) in [5.41, 5.74) is 0.296. The van der Waals surface area contributed by atoms with E-state index >= 15 is 0 Å². The highest BCUT2D eigenvalue weighted by molar-refractivity contribution is 5.95. The Balaban J connectivity index is 2.84. The quantitative estimate of drug-likeness (QED) is 0.601. The molecular formula is C13H14FNO4. The number of carbonyl (C=O) groups excluding carboxylic acids is 1. The molecule has 1 amide bonds. The van der Waals surface area contributed by atoms with E-state index in [1.165, 1.54) is 25.3 Å². The van der Waals surface area contributed by atoms with Crippen LogP contribution in [0.5, 0.6) is 0 Å². The number of aliphatic carboxylic acids is 1. The lowest BCUT2D eigenvalue weighted by Gasteiger charge is -2.06. The molecule has 0 fully saturated rings. The topological polar surface area (TPSA) is 75.6 Å². The van der Waals surface area contributed by atoms with E-state index in [1.807, 2.05) is 0 Å². The van der Waals surface area contributed by atoms with Crippen LogP contribution < -0.4 is 5.32 Å². The molecule has 2 N–H and O–H groups in total. The number of amides is 1. The monoisotopic (exact) mass is 267 g/mol. The van der Waals surface area contributed by atoms with Gasteiger partial charge < -0.3 is 15.2 Å². The molecule has 6 heteroatoms. The van der Waals surface area contributed by atoms with Gasteiger partial charge >= 0.3 is 5.97 Å². The number of carboxylic acids is 1. The molecule has 0 saturated carbocycles. The molecule has 0 radical (unpaired) electrons. The maximum atomic E-state index is 13.5. The summed E-state index contributed by atoms with van der Waals surface area (Å²) in [7, 11) is 1.49. The van der Waals surface area contributed by atoms with Crippen molar-refractivity contribution in [1.29, 1.82) is 0 Å². The molecular weight excluding hydrogens is 253 g/mol. The van der Waals surface area contributed by atoms with Crippen molar-refractivity contribution in [3.8, 4) is 0 Å². The van der Waals surface area contributed by atoms with E-state index in [1.54, 1.807) is 0 Å². The molecule has 19 heavy (non-hydrogen) atoms. The Bertz CT molecular complexity index is 499. The van der Waals surface area contributed by atoms with E-state index in [2.05, 4.69) is 5.32 Å². The lowest BCUT2D eigenvalue weighted by atomic mass is 10.1. The molecule has 0 spiro atoms. The molecule has 0 atom stereocenters. The van der Waals surface area contributed by atoms with Gasteiger partial charge in [-0.1, -0.05) is 6.07 Å². The number of carbonyl (C=O) groups is 2. The van der Waals surface area contributed by atoms with Gasteiger partial charge in [0.2, 0.25) is 0 Å². The van der Waals surface area contributed by atoms with Crippen molar-refractivity contribution in [3.05, 3.63) is 41.2 Å². The Hall–Kier alpha value is -2.21. The van der Waals surface area contributed by atoms with E-state index in [0.717, 1.165) is 12.1 Å². The number of rotatable bonds is 6. The van der Waals surface area contributed by atoms with Gasteiger partial charge in [-0.2, -0.15) is 0 Å². The zero-order chi connectivity index (χ0) is 14.3. The molecule has 1 rings (SSSR count). The molecule has 0 unspecified atom stereocenters. The maximum absolute atomic E-state index is 13.5. The van der Waals surface area contributed by atoms with Crippen molar-refractivity contribution in [1.82, 2.24) is 5.32 Å². The lowest BCUT2D eigenvalue weighted by Crippen LogP contribution is -2.27. The number of hydrogen-bond acceptors (Lipinski definition) is 3. The first-order chi connectivity index (χ1) is 9.04. The summed E-state index contributed by atoms with van der Waals surface area (Å²) in [4.78, 5) is 22.1. The molecule has 0 aliphatic rings. The molecule has 0 aromatic heterocycles. The number of carboxylic acid groups (broad SMARTS) is 1. The summed E-state index contributed by atoms with van der Waals surface area (Å²) in [5.74, 6) is -2.35. The van der Waals surface area contributed by atoms with Gasteiger partial charge in [-0.25, -0.2) is 9.18 Å². The second-order valence-electron chi connectivity index (χ2n) is 3.66. The Morgan fingerprint density at radius 3 is 2.84 bits per heavy atom. The second kappa shape index (κ2) is 7.27. The third-order valence-corrected chi connectivity index (χ3v) is 2.25. The van der Waals surface area contributed by atoms with Crippen molar-refractivity contribution in [3.63, 3.8) is 0 Å². The molecule has 5 nitrogen and oxygen atoms in total. The van der Waals surface area contributed by atoms with E-state index < -0.39 is 17.7 Å². The van der Waals surface area contributed by atoms with E-state index in [0.29, 0.717) is 12.2 Å². The summed E-state index contributed by atoms with van der Waals surface area (Å²) in [6.07, 6.45) is 2.20. The van der Waals surface area contributed by atoms with Gasteiger partial charge in [0.05, 0.1) is 12.2 Å². The normalized spacial score (nSPS) is 10.6. The van der Waals surface area contributed by atoms with Gasteiger partial charge in [0, 0.05) is 19.7 Å². The Kier molecular flexibility index (Phi) is 5.69. The highest BCUT2D eigenvalue weighted by Gasteiger charge is 2.11. The van der Waals surface area contributed by atoms with Crippen molar-refractivity contribution >= 4 is 18.0 Å². The molecule has 0 aliphatic heterocycles. The first kappa shape index (κ1) is 14.8.